The molecule has 0 bridgehead atoms. The van der Waals surface area contributed by atoms with Gasteiger partial charge in [0.2, 0.25) is 0 Å². The Morgan fingerprint density at radius 1 is 1.35 bits per heavy atom. The Balaban J connectivity index is 1.50. The van der Waals surface area contributed by atoms with Crippen LogP contribution >= 0.6 is 0 Å². The molecule has 1 saturated heterocycles. The first-order valence-electron chi connectivity index (χ1n) is 8.55. The number of nitrogens with zero attached hydrogens (tertiary/aromatic N) is 4. The van der Waals surface area contributed by atoms with E-state index in [9.17, 15) is 0 Å². The highest BCUT2D eigenvalue weighted by atomic mass is 15.3. The number of pyridine rings is 1. The normalized spacial score (nSPS) is 23.2. The van der Waals surface area contributed by atoms with Crippen molar-refractivity contribution in [1.29, 1.82) is 0 Å². The van der Waals surface area contributed by atoms with E-state index in [0.717, 1.165) is 26.1 Å². The molecule has 0 amide bonds. The molecule has 1 aliphatic rings. The molecule has 5 heteroatoms. The fourth-order valence-corrected chi connectivity index (χ4v) is 3.53. The zero-order chi connectivity index (χ0) is 16.1. The molecule has 2 aromatic rings. The summed E-state index contributed by atoms with van der Waals surface area (Å²) in [4.78, 5) is 6.75. The minimum absolute atomic E-state index is 0.481. The number of likely N-dealkylation sites (tertiary alicyclic amines) is 1. The van der Waals surface area contributed by atoms with E-state index in [4.69, 9.17) is 0 Å². The highest BCUT2D eigenvalue weighted by Crippen LogP contribution is 2.35. The van der Waals surface area contributed by atoms with Crippen LogP contribution < -0.4 is 5.32 Å². The minimum atomic E-state index is 0.481. The average molecular weight is 313 g/mol. The van der Waals surface area contributed by atoms with Gasteiger partial charge >= 0.3 is 0 Å². The largest absolute Gasteiger partial charge is 0.314 e. The lowest BCUT2D eigenvalue weighted by Crippen LogP contribution is -2.34. The molecule has 124 valence electrons. The highest BCUT2D eigenvalue weighted by molar-refractivity contribution is 5.17. The van der Waals surface area contributed by atoms with Crippen LogP contribution in [0, 0.1) is 5.92 Å². The number of hydrogen-bond donors (Lipinski definition) is 1. The molecule has 23 heavy (non-hydrogen) atoms. The summed E-state index contributed by atoms with van der Waals surface area (Å²) in [5.74, 6) is 0.649. The van der Waals surface area contributed by atoms with Crippen molar-refractivity contribution in [1.82, 2.24) is 25.0 Å². The van der Waals surface area contributed by atoms with Gasteiger partial charge in [-0.2, -0.15) is 5.10 Å². The average Bonchev–Trinajstić information content (AvgIpc) is 3.21. The van der Waals surface area contributed by atoms with Crippen LogP contribution in [0.3, 0.4) is 0 Å². The molecule has 5 nitrogen and oxygen atoms in total. The SMILES string of the molecule is CC(CCn1cccn1)NC[C@@H]1CCN(C)[C@H]1c1cccnc1. The van der Waals surface area contributed by atoms with Gasteiger partial charge in [-0.15, -0.1) is 0 Å². The van der Waals surface area contributed by atoms with Crippen molar-refractivity contribution in [2.24, 2.45) is 5.92 Å². The van der Waals surface area contributed by atoms with Crippen molar-refractivity contribution in [2.75, 3.05) is 20.1 Å². The van der Waals surface area contributed by atoms with Crippen molar-refractivity contribution in [2.45, 2.75) is 38.4 Å². The quantitative estimate of drug-likeness (QED) is 0.852. The van der Waals surface area contributed by atoms with E-state index in [-0.39, 0.29) is 0 Å². The van der Waals surface area contributed by atoms with Gasteiger partial charge in [-0.3, -0.25) is 14.6 Å². The zero-order valence-corrected chi connectivity index (χ0v) is 14.1. The lowest BCUT2D eigenvalue weighted by Gasteiger charge is -2.26. The van der Waals surface area contributed by atoms with Crippen LogP contribution in [-0.2, 0) is 6.54 Å². The third-order valence-electron chi connectivity index (χ3n) is 4.88. The molecule has 0 aliphatic carbocycles. The first-order chi connectivity index (χ1) is 11.2. The Morgan fingerprint density at radius 3 is 3.00 bits per heavy atom. The van der Waals surface area contributed by atoms with Crippen LogP contribution in [0.4, 0.5) is 0 Å². The summed E-state index contributed by atoms with van der Waals surface area (Å²) in [5, 5.41) is 7.98. The second-order valence-electron chi connectivity index (χ2n) is 6.63. The maximum absolute atomic E-state index is 4.29. The first-order valence-corrected chi connectivity index (χ1v) is 8.55. The van der Waals surface area contributed by atoms with Gasteiger partial charge in [0.05, 0.1) is 0 Å². The summed E-state index contributed by atoms with van der Waals surface area (Å²) < 4.78 is 2.00. The van der Waals surface area contributed by atoms with Crippen molar-refractivity contribution in [3.05, 3.63) is 48.5 Å². The molecule has 3 rings (SSSR count). The predicted molar refractivity (Wildman–Crippen MR) is 92.0 cm³/mol. The lowest BCUT2D eigenvalue weighted by molar-refractivity contribution is 0.266. The summed E-state index contributed by atoms with van der Waals surface area (Å²) >= 11 is 0. The van der Waals surface area contributed by atoms with Crippen LogP contribution in [0.2, 0.25) is 0 Å². The van der Waals surface area contributed by atoms with E-state index in [1.54, 1.807) is 0 Å². The van der Waals surface area contributed by atoms with E-state index < -0.39 is 0 Å². The number of nitrogens with one attached hydrogen (secondary N) is 1. The topological polar surface area (TPSA) is 46.0 Å². The lowest BCUT2D eigenvalue weighted by atomic mass is 9.94. The van der Waals surface area contributed by atoms with E-state index in [0.29, 0.717) is 18.0 Å². The Hall–Kier alpha value is -1.72. The van der Waals surface area contributed by atoms with Gasteiger partial charge in [0.1, 0.15) is 0 Å². The second kappa shape index (κ2) is 7.70. The van der Waals surface area contributed by atoms with Crippen molar-refractivity contribution in [3.8, 4) is 0 Å². The zero-order valence-electron chi connectivity index (χ0n) is 14.1. The smallest absolute Gasteiger partial charge is 0.0489 e. The van der Waals surface area contributed by atoms with Gasteiger partial charge in [0, 0.05) is 50.0 Å². The summed E-state index contributed by atoms with van der Waals surface area (Å²) in [7, 11) is 2.22. The van der Waals surface area contributed by atoms with Gasteiger partial charge in [0.15, 0.2) is 0 Å². The third kappa shape index (κ3) is 4.18. The van der Waals surface area contributed by atoms with Crippen LogP contribution in [-0.4, -0.2) is 45.8 Å². The fraction of sp³-hybridized carbons (Fsp3) is 0.556. The molecule has 1 fully saturated rings. The number of aryl methyl sites for hydroxylation is 1. The van der Waals surface area contributed by atoms with Gasteiger partial charge in [0.25, 0.3) is 0 Å². The molecule has 0 aromatic carbocycles. The van der Waals surface area contributed by atoms with Crippen molar-refractivity contribution >= 4 is 0 Å². The third-order valence-corrected chi connectivity index (χ3v) is 4.88. The standard InChI is InChI=1S/C18H27N5/c1-15(6-12-23-10-4-9-21-23)20-14-17-7-11-22(2)18(17)16-5-3-8-19-13-16/h3-5,8-10,13,15,17-18,20H,6-7,11-12,14H2,1-2H3/t15?,17-,18-/m0/s1. The molecule has 3 atom stereocenters. The molecule has 0 spiro atoms. The van der Waals surface area contributed by atoms with E-state index >= 15 is 0 Å². The van der Waals surface area contributed by atoms with Gasteiger partial charge in [-0.05, 0) is 57.0 Å². The van der Waals surface area contributed by atoms with Gasteiger partial charge in [-0.1, -0.05) is 6.07 Å². The van der Waals surface area contributed by atoms with Crippen molar-refractivity contribution in [3.63, 3.8) is 0 Å². The highest BCUT2D eigenvalue weighted by Gasteiger charge is 2.32. The van der Waals surface area contributed by atoms with E-state index in [1.807, 2.05) is 41.6 Å². The second-order valence-corrected chi connectivity index (χ2v) is 6.63. The molecule has 3 heterocycles. The van der Waals surface area contributed by atoms with Crippen LogP contribution in [0.25, 0.3) is 0 Å². The molecule has 2 aromatic heterocycles. The molecular formula is C18H27N5. The predicted octanol–water partition coefficient (Wildman–Crippen LogP) is 2.34. The number of hydrogen-bond acceptors (Lipinski definition) is 4. The van der Waals surface area contributed by atoms with Gasteiger partial charge < -0.3 is 5.32 Å². The molecule has 0 radical (unpaired) electrons. The Kier molecular flexibility index (Phi) is 5.41. The molecule has 0 saturated carbocycles. The Labute approximate surface area is 138 Å². The van der Waals surface area contributed by atoms with Gasteiger partial charge in [-0.25, -0.2) is 0 Å². The van der Waals surface area contributed by atoms with Crippen LogP contribution in [0.1, 0.15) is 31.4 Å². The van der Waals surface area contributed by atoms with E-state index in [1.165, 1.54) is 12.0 Å². The monoisotopic (exact) mass is 313 g/mol. The molecule has 1 unspecified atom stereocenters. The maximum atomic E-state index is 4.29. The Morgan fingerprint density at radius 2 is 2.26 bits per heavy atom. The van der Waals surface area contributed by atoms with E-state index in [2.05, 4.69) is 40.3 Å². The Bertz CT molecular complexity index is 568. The van der Waals surface area contributed by atoms with Crippen molar-refractivity contribution < 1.29 is 0 Å². The summed E-state index contributed by atoms with van der Waals surface area (Å²) in [6, 6.07) is 7.20. The molecule has 1 aliphatic heterocycles. The van der Waals surface area contributed by atoms with Crippen LogP contribution in [0.5, 0.6) is 0 Å². The molecular weight excluding hydrogens is 286 g/mol. The molecule has 1 N–H and O–H groups in total. The minimum Gasteiger partial charge on any atom is -0.314 e. The summed E-state index contributed by atoms with van der Waals surface area (Å²) in [6.45, 7) is 5.46. The summed E-state index contributed by atoms with van der Waals surface area (Å²) in [6.07, 6.45) is 10.1. The maximum Gasteiger partial charge on any atom is 0.0489 e. The first kappa shape index (κ1) is 16.1. The fourth-order valence-electron chi connectivity index (χ4n) is 3.53. The number of aromatic nitrogens is 3. The number of rotatable bonds is 7. The summed E-state index contributed by atoms with van der Waals surface area (Å²) in [5.41, 5.74) is 1.34. The van der Waals surface area contributed by atoms with Crippen LogP contribution in [0.15, 0.2) is 43.0 Å².